The van der Waals surface area contributed by atoms with E-state index in [1.165, 1.54) is 11.1 Å². The van der Waals surface area contributed by atoms with Crippen molar-refractivity contribution in [1.29, 1.82) is 0 Å². The van der Waals surface area contributed by atoms with E-state index >= 15 is 0 Å². The molecule has 0 atom stereocenters. The predicted octanol–water partition coefficient (Wildman–Crippen LogP) is 7.29. The van der Waals surface area contributed by atoms with Gasteiger partial charge in [-0.1, -0.05) is 41.5 Å². The molecule has 0 fully saturated rings. The first-order valence-electron chi connectivity index (χ1n) is 10.9. The lowest BCUT2D eigenvalue weighted by atomic mass is 9.86. The number of nitrogens with zero attached hydrogens (tertiary/aromatic N) is 1. The summed E-state index contributed by atoms with van der Waals surface area (Å²) in [5.41, 5.74) is 11.1. The van der Waals surface area contributed by atoms with Crippen molar-refractivity contribution < 1.29 is 0 Å². The minimum Gasteiger partial charge on any atom is -0.355 e. The normalized spacial score (nSPS) is 13.4. The molecule has 8 bridgehead atoms. The van der Waals surface area contributed by atoms with Gasteiger partial charge in [0.25, 0.3) is 0 Å². The largest absolute Gasteiger partial charge is 0.355 e. The Kier molecular flexibility index (Phi) is 4.20. The molecule has 0 spiro atoms. The molecule has 1 aliphatic heterocycles. The van der Waals surface area contributed by atoms with E-state index in [4.69, 9.17) is 4.98 Å². The van der Waals surface area contributed by atoms with Crippen molar-refractivity contribution in [2.75, 3.05) is 0 Å². The van der Waals surface area contributed by atoms with Crippen molar-refractivity contribution in [3.05, 3.63) is 65.0 Å². The molecule has 4 nitrogen and oxygen atoms in total. The highest BCUT2D eigenvalue weighted by Gasteiger charge is 2.22. The highest BCUT2D eigenvalue weighted by atomic mass is 14.8. The third kappa shape index (κ3) is 3.67. The molecule has 0 amide bonds. The van der Waals surface area contributed by atoms with Crippen molar-refractivity contribution in [2.24, 2.45) is 0 Å². The highest BCUT2D eigenvalue weighted by Crippen LogP contribution is 2.34. The van der Waals surface area contributed by atoms with E-state index < -0.39 is 0 Å². The zero-order chi connectivity index (χ0) is 22.0. The first kappa shape index (κ1) is 19.7. The van der Waals surface area contributed by atoms with E-state index in [-0.39, 0.29) is 10.8 Å². The van der Waals surface area contributed by atoms with Crippen molar-refractivity contribution in [1.82, 2.24) is 19.9 Å². The van der Waals surface area contributed by atoms with Crippen LogP contribution in [0.4, 0.5) is 0 Å². The summed E-state index contributed by atoms with van der Waals surface area (Å²) in [6.45, 7) is 13.6. The molecule has 1 aliphatic rings. The van der Waals surface area contributed by atoms with Crippen LogP contribution in [0.1, 0.15) is 64.1 Å². The van der Waals surface area contributed by atoms with Crippen LogP contribution in [0.25, 0.3) is 45.3 Å². The van der Waals surface area contributed by atoms with Crippen LogP contribution in [0.15, 0.2) is 42.5 Å². The average Bonchev–Trinajstić information content (AvgIpc) is 3.41. The van der Waals surface area contributed by atoms with Gasteiger partial charge in [-0.2, -0.15) is 0 Å². The Morgan fingerprint density at radius 3 is 1.90 bits per heavy atom. The zero-order valence-electron chi connectivity index (χ0n) is 19.1. The molecule has 158 valence electrons. The van der Waals surface area contributed by atoms with E-state index in [2.05, 4.69) is 111 Å². The highest BCUT2D eigenvalue weighted by molar-refractivity contribution is 5.87. The molecule has 4 aromatic rings. The monoisotopic (exact) mass is 410 g/mol. The average molecular weight is 411 g/mol. The van der Waals surface area contributed by atoms with Gasteiger partial charge in [0.15, 0.2) is 0 Å². The number of aromatic amines is 3. The molecule has 0 radical (unpaired) electrons. The third-order valence-electron chi connectivity index (χ3n) is 5.89. The van der Waals surface area contributed by atoms with E-state index in [9.17, 15) is 0 Å². The maximum absolute atomic E-state index is 4.81. The molecule has 5 rings (SSSR count). The molecule has 4 heteroatoms. The van der Waals surface area contributed by atoms with Gasteiger partial charge in [-0.05, 0) is 76.6 Å². The van der Waals surface area contributed by atoms with Crippen LogP contribution in [-0.4, -0.2) is 19.9 Å². The van der Waals surface area contributed by atoms with Crippen LogP contribution >= 0.6 is 0 Å². The molecule has 0 saturated heterocycles. The Balaban J connectivity index is 1.98. The van der Waals surface area contributed by atoms with Gasteiger partial charge < -0.3 is 15.0 Å². The van der Waals surface area contributed by atoms with Gasteiger partial charge in [0.1, 0.15) is 0 Å². The lowest BCUT2D eigenvalue weighted by Gasteiger charge is -2.17. The number of aromatic nitrogens is 4. The second-order valence-electron chi connectivity index (χ2n) is 10.6. The van der Waals surface area contributed by atoms with Crippen LogP contribution in [0, 0.1) is 0 Å². The minimum absolute atomic E-state index is 0.00959. The van der Waals surface area contributed by atoms with E-state index in [1.807, 2.05) is 0 Å². The Morgan fingerprint density at radius 1 is 0.581 bits per heavy atom. The summed E-state index contributed by atoms with van der Waals surface area (Å²) in [4.78, 5) is 15.7. The number of hydrogen-bond donors (Lipinski definition) is 3. The quantitative estimate of drug-likeness (QED) is 0.247. The first-order valence-corrected chi connectivity index (χ1v) is 10.9. The van der Waals surface area contributed by atoms with Gasteiger partial charge >= 0.3 is 0 Å². The Labute approximate surface area is 182 Å². The van der Waals surface area contributed by atoms with Crippen LogP contribution in [0.2, 0.25) is 0 Å². The fourth-order valence-corrected chi connectivity index (χ4v) is 4.32. The lowest BCUT2D eigenvalue weighted by molar-refractivity contribution is 0.596. The van der Waals surface area contributed by atoms with Gasteiger partial charge in [-0.25, -0.2) is 4.98 Å². The fraction of sp³-hybridized carbons (Fsp3) is 0.296. The van der Waals surface area contributed by atoms with Gasteiger partial charge in [0.05, 0.1) is 22.4 Å². The van der Waals surface area contributed by atoms with Crippen LogP contribution < -0.4 is 0 Å². The number of H-pyrrole nitrogens is 3. The van der Waals surface area contributed by atoms with Gasteiger partial charge in [-0.3, -0.25) is 0 Å². The summed E-state index contributed by atoms with van der Waals surface area (Å²) < 4.78 is 0. The van der Waals surface area contributed by atoms with Gasteiger partial charge in [-0.15, -0.1) is 0 Å². The summed E-state index contributed by atoms with van der Waals surface area (Å²) in [7, 11) is 0. The van der Waals surface area contributed by atoms with Crippen LogP contribution in [0.3, 0.4) is 0 Å². The number of nitrogens with one attached hydrogen (secondary N) is 3. The van der Waals surface area contributed by atoms with Crippen LogP contribution in [0.5, 0.6) is 0 Å². The predicted molar refractivity (Wildman–Crippen MR) is 133 cm³/mol. The SMILES string of the molecule is CC(C)(C)c1cc2[nH]c1cc1nc(cc3ccc(cc4cc(C(C)(C)C)c2[nH]4)[nH]3)C=C1. The van der Waals surface area contributed by atoms with Crippen molar-refractivity contribution in [3.8, 4) is 0 Å². The molecule has 0 aliphatic carbocycles. The molecule has 4 aromatic heterocycles. The van der Waals surface area contributed by atoms with Crippen molar-refractivity contribution >= 4 is 45.3 Å². The van der Waals surface area contributed by atoms with E-state index in [0.717, 1.165) is 44.5 Å². The molecule has 5 heterocycles. The smallest absolute Gasteiger partial charge is 0.0662 e. The van der Waals surface area contributed by atoms with Crippen molar-refractivity contribution in [3.63, 3.8) is 0 Å². The lowest BCUT2D eigenvalue weighted by Crippen LogP contribution is -2.10. The molecule has 3 N–H and O–H groups in total. The summed E-state index contributed by atoms with van der Waals surface area (Å²) in [5.74, 6) is 0. The van der Waals surface area contributed by atoms with Gasteiger partial charge in [0.2, 0.25) is 0 Å². The van der Waals surface area contributed by atoms with E-state index in [0.29, 0.717) is 0 Å². The topological polar surface area (TPSA) is 60.3 Å². The van der Waals surface area contributed by atoms with E-state index in [1.54, 1.807) is 0 Å². The number of rotatable bonds is 0. The summed E-state index contributed by atoms with van der Waals surface area (Å²) >= 11 is 0. The Hall–Kier alpha value is -3.27. The Bertz CT molecular complexity index is 1440. The third-order valence-corrected chi connectivity index (χ3v) is 5.89. The molecular weight excluding hydrogens is 380 g/mol. The fourth-order valence-electron chi connectivity index (χ4n) is 4.32. The first-order chi connectivity index (χ1) is 14.6. The maximum atomic E-state index is 4.81. The summed E-state index contributed by atoms with van der Waals surface area (Å²) in [5, 5.41) is 0. The zero-order valence-corrected chi connectivity index (χ0v) is 19.1. The molecule has 31 heavy (non-hydrogen) atoms. The second kappa shape index (κ2) is 6.61. The maximum Gasteiger partial charge on any atom is 0.0662 e. The van der Waals surface area contributed by atoms with Crippen LogP contribution in [-0.2, 0) is 10.8 Å². The Morgan fingerprint density at radius 2 is 1.23 bits per heavy atom. The number of fused-ring (bicyclic) bond motifs is 9. The standard InChI is InChI=1S/C27H30N4/c1-26(2,3)21-15-24-25-22(27(4,5)6)13-20(30-25)12-18-8-7-16(28-18)11-17-9-10-19(29-17)14-23(21)31-24/h7-15,28,30-31H,1-6H3. The molecule has 0 saturated carbocycles. The molecule has 0 unspecified atom stereocenters. The molecular formula is C27H30N4. The molecule has 0 aromatic carbocycles. The van der Waals surface area contributed by atoms with Gasteiger partial charge in [0, 0.05) is 22.1 Å². The summed E-state index contributed by atoms with van der Waals surface area (Å²) in [6, 6.07) is 15.2. The minimum atomic E-state index is 0.00959. The second-order valence-corrected chi connectivity index (χ2v) is 10.6. The van der Waals surface area contributed by atoms with Crippen molar-refractivity contribution in [2.45, 2.75) is 52.4 Å². The summed E-state index contributed by atoms with van der Waals surface area (Å²) in [6.07, 6.45) is 4.14. The number of hydrogen-bond acceptors (Lipinski definition) is 1.